The molecule has 0 aliphatic carbocycles. The van der Waals surface area contributed by atoms with Crippen LogP contribution in [0.4, 0.5) is 0 Å². The number of rotatable bonds is 3. The molecule has 2 aliphatic rings. The summed E-state index contributed by atoms with van der Waals surface area (Å²) >= 11 is 0. The Balaban J connectivity index is 1.66. The summed E-state index contributed by atoms with van der Waals surface area (Å²) in [6.07, 6.45) is 1.73. The number of fused-ring (bicyclic) bond motifs is 1. The lowest BCUT2D eigenvalue weighted by Gasteiger charge is -2.20. The van der Waals surface area contributed by atoms with E-state index < -0.39 is 11.4 Å². The van der Waals surface area contributed by atoms with E-state index in [9.17, 15) is 14.7 Å². The van der Waals surface area contributed by atoms with E-state index in [1.165, 1.54) is 0 Å². The number of aliphatic carboxylic acids is 1. The van der Waals surface area contributed by atoms with Gasteiger partial charge in [0.2, 0.25) is 5.91 Å². The monoisotopic (exact) mass is 289 g/mol. The van der Waals surface area contributed by atoms with Crippen molar-refractivity contribution < 1.29 is 19.4 Å². The summed E-state index contributed by atoms with van der Waals surface area (Å²) in [7, 11) is 0. The van der Waals surface area contributed by atoms with E-state index in [1.807, 2.05) is 18.2 Å². The number of carbonyl (C=O) groups excluding carboxylic acids is 1. The first-order valence-electron chi connectivity index (χ1n) is 7.24. The van der Waals surface area contributed by atoms with Gasteiger partial charge >= 0.3 is 5.97 Å². The van der Waals surface area contributed by atoms with Gasteiger partial charge in [-0.05, 0) is 30.5 Å². The molecule has 1 N–H and O–H groups in total. The molecule has 0 radical (unpaired) electrons. The molecule has 1 atom stereocenters. The minimum absolute atomic E-state index is 0.00107. The number of amides is 1. The quantitative estimate of drug-likeness (QED) is 0.915. The van der Waals surface area contributed by atoms with Gasteiger partial charge in [0.15, 0.2) is 0 Å². The van der Waals surface area contributed by atoms with Gasteiger partial charge in [0, 0.05) is 19.5 Å². The SMILES string of the molecule is CC1(C(=O)O)CCN(C(=O)Cc2ccc3c(c2)CCO3)C1. The molecule has 1 amide bonds. The molecule has 2 heterocycles. The molecule has 1 fully saturated rings. The topological polar surface area (TPSA) is 66.8 Å². The molecule has 2 aliphatic heterocycles. The summed E-state index contributed by atoms with van der Waals surface area (Å²) in [6, 6.07) is 5.84. The van der Waals surface area contributed by atoms with Gasteiger partial charge in [0.1, 0.15) is 5.75 Å². The Morgan fingerprint density at radius 3 is 2.95 bits per heavy atom. The minimum atomic E-state index is -0.826. The number of ether oxygens (including phenoxy) is 1. The van der Waals surface area contributed by atoms with Crippen molar-refractivity contribution in [2.24, 2.45) is 5.41 Å². The molecule has 0 bridgehead atoms. The number of benzene rings is 1. The van der Waals surface area contributed by atoms with Crippen molar-refractivity contribution in [1.82, 2.24) is 4.90 Å². The number of carbonyl (C=O) groups is 2. The molecule has 0 saturated carbocycles. The maximum absolute atomic E-state index is 12.3. The van der Waals surface area contributed by atoms with Crippen LogP contribution < -0.4 is 4.74 Å². The predicted octanol–water partition coefficient (Wildman–Crippen LogP) is 1.49. The zero-order valence-electron chi connectivity index (χ0n) is 12.1. The number of nitrogens with zero attached hydrogens (tertiary/aromatic N) is 1. The highest BCUT2D eigenvalue weighted by Crippen LogP contribution is 2.31. The summed E-state index contributed by atoms with van der Waals surface area (Å²) in [5, 5.41) is 9.22. The van der Waals surface area contributed by atoms with E-state index in [1.54, 1.807) is 11.8 Å². The maximum atomic E-state index is 12.3. The molecule has 1 aromatic carbocycles. The summed E-state index contributed by atoms with van der Waals surface area (Å²) in [4.78, 5) is 25.2. The summed E-state index contributed by atoms with van der Waals surface area (Å²) in [5.41, 5.74) is 1.31. The molecular weight excluding hydrogens is 270 g/mol. The van der Waals surface area contributed by atoms with Crippen molar-refractivity contribution >= 4 is 11.9 Å². The van der Waals surface area contributed by atoms with Crippen LogP contribution in [0.3, 0.4) is 0 Å². The standard InChI is InChI=1S/C16H19NO4/c1-16(15(19)20)5-6-17(10-16)14(18)9-11-2-3-13-12(8-11)4-7-21-13/h2-3,8H,4-7,9-10H2,1H3,(H,19,20). The number of carboxylic acids is 1. The van der Waals surface area contributed by atoms with Crippen LogP contribution in [0.2, 0.25) is 0 Å². The van der Waals surface area contributed by atoms with Gasteiger partial charge in [0.25, 0.3) is 0 Å². The lowest BCUT2D eigenvalue weighted by Crippen LogP contribution is -2.35. The van der Waals surface area contributed by atoms with Crippen LogP contribution in [0.25, 0.3) is 0 Å². The third-order valence-corrected chi connectivity index (χ3v) is 4.45. The molecule has 3 rings (SSSR count). The molecule has 112 valence electrons. The van der Waals surface area contributed by atoms with E-state index in [4.69, 9.17) is 4.74 Å². The smallest absolute Gasteiger partial charge is 0.311 e. The highest BCUT2D eigenvalue weighted by molar-refractivity contribution is 5.82. The van der Waals surface area contributed by atoms with Gasteiger partial charge in [-0.1, -0.05) is 12.1 Å². The van der Waals surface area contributed by atoms with Crippen LogP contribution >= 0.6 is 0 Å². The minimum Gasteiger partial charge on any atom is -0.493 e. The summed E-state index contributed by atoms with van der Waals surface area (Å²) < 4.78 is 5.45. The van der Waals surface area contributed by atoms with E-state index in [0.717, 1.165) is 23.3 Å². The second-order valence-electron chi connectivity index (χ2n) is 6.15. The molecule has 1 aromatic rings. The molecule has 1 saturated heterocycles. The number of likely N-dealkylation sites (tertiary alicyclic amines) is 1. The van der Waals surface area contributed by atoms with Gasteiger partial charge < -0.3 is 14.7 Å². The lowest BCUT2D eigenvalue weighted by atomic mass is 9.90. The van der Waals surface area contributed by atoms with Crippen molar-refractivity contribution in [3.05, 3.63) is 29.3 Å². The molecule has 21 heavy (non-hydrogen) atoms. The zero-order valence-corrected chi connectivity index (χ0v) is 12.1. The fourth-order valence-corrected chi connectivity index (χ4v) is 2.98. The van der Waals surface area contributed by atoms with Crippen molar-refractivity contribution in [2.75, 3.05) is 19.7 Å². The molecule has 0 spiro atoms. The third-order valence-electron chi connectivity index (χ3n) is 4.45. The molecule has 0 aromatic heterocycles. The van der Waals surface area contributed by atoms with Crippen LogP contribution in [0.15, 0.2) is 18.2 Å². The highest BCUT2D eigenvalue weighted by atomic mass is 16.5. The normalized spacial score (nSPS) is 23.8. The van der Waals surface area contributed by atoms with Crippen molar-refractivity contribution in [2.45, 2.75) is 26.2 Å². The van der Waals surface area contributed by atoms with Crippen molar-refractivity contribution in [3.8, 4) is 5.75 Å². The first-order chi connectivity index (χ1) is 9.98. The largest absolute Gasteiger partial charge is 0.493 e. The van der Waals surface area contributed by atoms with Gasteiger partial charge in [-0.15, -0.1) is 0 Å². The average molecular weight is 289 g/mol. The number of carboxylic acid groups (broad SMARTS) is 1. The Labute approximate surface area is 123 Å². The Bertz CT molecular complexity index is 598. The molecule has 1 unspecified atom stereocenters. The van der Waals surface area contributed by atoms with E-state index in [-0.39, 0.29) is 5.91 Å². The van der Waals surface area contributed by atoms with Crippen LogP contribution in [0, 0.1) is 5.41 Å². The molecule has 5 heteroatoms. The number of hydrogen-bond acceptors (Lipinski definition) is 3. The van der Waals surface area contributed by atoms with Crippen LogP contribution in [0.1, 0.15) is 24.5 Å². The average Bonchev–Trinajstić information content (AvgIpc) is 3.05. The third kappa shape index (κ3) is 2.60. The van der Waals surface area contributed by atoms with Crippen LogP contribution in [-0.2, 0) is 22.4 Å². The molecular formula is C16H19NO4. The van der Waals surface area contributed by atoms with Gasteiger partial charge in [0.05, 0.1) is 18.4 Å². The van der Waals surface area contributed by atoms with E-state index in [2.05, 4.69) is 0 Å². The fourth-order valence-electron chi connectivity index (χ4n) is 2.98. The first kappa shape index (κ1) is 13.9. The van der Waals surface area contributed by atoms with E-state index >= 15 is 0 Å². The summed E-state index contributed by atoms with van der Waals surface area (Å²) in [6.45, 7) is 3.23. The van der Waals surface area contributed by atoms with E-state index in [0.29, 0.717) is 32.5 Å². The van der Waals surface area contributed by atoms with Gasteiger partial charge in [-0.3, -0.25) is 9.59 Å². The summed E-state index contributed by atoms with van der Waals surface area (Å²) in [5.74, 6) is 0.0807. The lowest BCUT2D eigenvalue weighted by molar-refractivity contribution is -0.147. The number of hydrogen-bond donors (Lipinski definition) is 1. The second-order valence-corrected chi connectivity index (χ2v) is 6.15. The van der Waals surface area contributed by atoms with Crippen LogP contribution in [-0.4, -0.2) is 41.6 Å². The second kappa shape index (κ2) is 5.06. The fraction of sp³-hybridized carbons (Fsp3) is 0.500. The maximum Gasteiger partial charge on any atom is 0.311 e. The Hall–Kier alpha value is -2.04. The van der Waals surface area contributed by atoms with Gasteiger partial charge in [-0.2, -0.15) is 0 Å². The zero-order chi connectivity index (χ0) is 15.0. The Morgan fingerprint density at radius 1 is 1.43 bits per heavy atom. The highest BCUT2D eigenvalue weighted by Gasteiger charge is 2.41. The van der Waals surface area contributed by atoms with Crippen molar-refractivity contribution in [3.63, 3.8) is 0 Å². The van der Waals surface area contributed by atoms with Gasteiger partial charge in [-0.25, -0.2) is 0 Å². The van der Waals surface area contributed by atoms with Crippen molar-refractivity contribution in [1.29, 1.82) is 0 Å². The predicted molar refractivity (Wildman–Crippen MR) is 76.3 cm³/mol. The van der Waals surface area contributed by atoms with Crippen LogP contribution in [0.5, 0.6) is 5.75 Å². The molecule has 5 nitrogen and oxygen atoms in total. The first-order valence-corrected chi connectivity index (χ1v) is 7.24. The Morgan fingerprint density at radius 2 is 2.24 bits per heavy atom. The Kier molecular flexibility index (Phi) is 3.35.